The second kappa shape index (κ2) is 9.77. The molecule has 5 rings (SSSR count). The summed E-state index contributed by atoms with van der Waals surface area (Å²) in [6, 6.07) is 13.9. The summed E-state index contributed by atoms with van der Waals surface area (Å²) < 4.78 is 58.5. The smallest absolute Gasteiger partial charge is 0.316 e. The predicted molar refractivity (Wildman–Crippen MR) is 130 cm³/mol. The van der Waals surface area contributed by atoms with E-state index in [0.29, 0.717) is 5.75 Å². The number of nitrogens with one attached hydrogen (secondary N) is 1. The molecule has 2 heterocycles. The van der Waals surface area contributed by atoms with E-state index in [-0.39, 0.29) is 37.2 Å². The summed E-state index contributed by atoms with van der Waals surface area (Å²) in [6.45, 7) is 2.35. The third-order valence-electron chi connectivity index (χ3n) is 6.25. The standard InChI is InChI=1S/C26H22F3N3O3S/c1-2-18-19(5-8-23(24(18)27)36(34)26(28)29)25(33)32-9-10-35-22-7-4-15(11-17(22)13-32)16-3-6-20-21(12-16)31-14-30-20/h3-8,11-12,14,26H,2,9-10,13H2,1H3,(H,30,31). The van der Waals surface area contributed by atoms with Crippen LogP contribution >= 0.6 is 0 Å². The molecule has 0 saturated heterocycles. The minimum Gasteiger partial charge on any atom is -0.491 e. The Morgan fingerprint density at radius 1 is 1.17 bits per heavy atom. The fraction of sp³-hybridized carbons (Fsp3) is 0.231. The molecule has 1 aromatic heterocycles. The van der Waals surface area contributed by atoms with Crippen LogP contribution in [0.15, 0.2) is 59.8 Å². The summed E-state index contributed by atoms with van der Waals surface area (Å²) in [5.41, 5.74) is 4.48. The zero-order chi connectivity index (χ0) is 25.4. The van der Waals surface area contributed by atoms with Crippen LogP contribution in [0.25, 0.3) is 22.2 Å². The fourth-order valence-corrected chi connectivity index (χ4v) is 5.12. The summed E-state index contributed by atoms with van der Waals surface area (Å²) in [5, 5.41) is 0. The Morgan fingerprint density at radius 3 is 2.72 bits per heavy atom. The van der Waals surface area contributed by atoms with Crippen molar-refractivity contribution in [3.8, 4) is 16.9 Å². The van der Waals surface area contributed by atoms with Crippen LogP contribution in [0.4, 0.5) is 13.2 Å². The third kappa shape index (κ3) is 4.37. The summed E-state index contributed by atoms with van der Waals surface area (Å²) in [6.07, 6.45) is 1.72. The molecule has 0 aliphatic carbocycles. The van der Waals surface area contributed by atoms with Crippen molar-refractivity contribution >= 4 is 27.7 Å². The SMILES string of the molecule is CCc1c(C(=O)N2CCOc3ccc(-c4ccc5nc[nH]c5c4)cc3C2)ccc(S(=O)C(F)F)c1F. The number of H-pyrrole nitrogens is 1. The van der Waals surface area contributed by atoms with Crippen LogP contribution in [0.3, 0.4) is 0 Å². The zero-order valence-corrected chi connectivity index (χ0v) is 20.1. The van der Waals surface area contributed by atoms with Gasteiger partial charge in [-0.1, -0.05) is 19.1 Å². The van der Waals surface area contributed by atoms with Gasteiger partial charge in [-0.15, -0.1) is 0 Å². The van der Waals surface area contributed by atoms with E-state index in [1.165, 1.54) is 6.07 Å². The highest BCUT2D eigenvalue weighted by Crippen LogP contribution is 2.32. The Balaban J connectivity index is 1.46. The van der Waals surface area contributed by atoms with Crippen LogP contribution in [0.5, 0.6) is 5.75 Å². The van der Waals surface area contributed by atoms with Gasteiger partial charge in [0.1, 0.15) is 29.0 Å². The van der Waals surface area contributed by atoms with Crippen LogP contribution in [0.1, 0.15) is 28.4 Å². The second-order valence-corrected chi connectivity index (χ2v) is 9.74. The van der Waals surface area contributed by atoms with Gasteiger partial charge < -0.3 is 14.6 Å². The van der Waals surface area contributed by atoms with Crippen molar-refractivity contribution in [3.05, 3.63) is 77.4 Å². The molecule has 0 spiro atoms. The molecule has 6 nitrogen and oxygen atoms in total. The summed E-state index contributed by atoms with van der Waals surface area (Å²) >= 11 is 0. The van der Waals surface area contributed by atoms with Crippen molar-refractivity contribution in [1.82, 2.24) is 14.9 Å². The minimum absolute atomic E-state index is 0.0292. The Kier molecular flexibility index (Phi) is 6.53. The molecule has 1 aliphatic rings. The minimum atomic E-state index is -3.21. The van der Waals surface area contributed by atoms with Gasteiger partial charge in [0, 0.05) is 23.2 Å². The van der Waals surface area contributed by atoms with Gasteiger partial charge in [0.05, 0.1) is 28.8 Å². The average molecular weight is 514 g/mol. The second-order valence-electron chi connectivity index (χ2n) is 8.35. The van der Waals surface area contributed by atoms with Crippen LogP contribution in [0.2, 0.25) is 0 Å². The van der Waals surface area contributed by atoms with Gasteiger partial charge >= 0.3 is 5.76 Å². The summed E-state index contributed by atoms with van der Waals surface area (Å²) in [7, 11) is -2.80. The maximum atomic E-state index is 15.0. The average Bonchev–Trinajstić information content (AvgIpc) is 3.25. The van der Waals surface area contributed by atoms with Gasteiger partial charge in [-0.2, -0.15) is 8.78 Å². The summed E-state index contributed by atoms with van der Waals surface area (Å²) in [4.78, 5) is 21.7. The highest BCUT2D eigenvalue weighted by atomic mass is 32.2. The predicted octanol–water partition coefficient (Wildman–Crippen LogP) is 5.30. The van der Waals surface area contributed by atoms with Crippen molar-refractivity contribution in [2.75, 3.05) is 13.2 Å². The number of ether oxygens (including phenoxy) is 1. The number of alkyl halides is 2. The molecule has 0 fully saturated rings. The van der Waals surface area contributed by atoms with Crippen LogP contribution < -0.4 is 4.74 Å². The number of hydrogen-bond donors (Lipinski definition) is 1. The third-order valence-corrected chi connectivity index (χ3v) is 7.32. The number of halogens is 3. The van der Waals surface area contributed by atoms with E-state index >= 15 is 0 Å². The molecule has 1 N–H and O–H groups in total. The van der Waals surface area contributed by atoms with Crippen LogP contribution in [0, 0.1) is 5.82 Å². The number of nitrogens with zero attached hydrogens (tertiary/aromatic N) is 2. The summed E-state index contributed by atoms with van der Waals surface area (Å²) in [5.74, 6) is -4.03. The number of aromatic nitrogens is 2. The van der Waals surface area contributed by atoms with Gasteiger partial charge in [0.15, 0.2) is 0 Å². The molecule has 0 bridgehead atoms. The monoisotopic (exact) mass is 513 g/mol. The van der Waals surface area contributed by atoms with E-state index in [4.69, 9.17) is 4.74 Å². The fourth-order valence-electron chi connectivity index (χ4n) is 4.43. The van der Waals surface area contributed by atoms with Gasteiger partial charge in [-0.25, -0.2) is 13.6 Å². The normalized spacial score (nSPS) is 14.4. The highest BCUT2D eigenvalue weighted by Gasteiger charge is 2.28. The lowest BCUT2D eigenvalue weighted by atomic mass is 10.0. The van der Waals surface area contributed by atoms with E-state index < -0.39 is 33.2 Å². The van der Waals surface area contributed by atoms with E-state index in [1.54, 1.807) is 18.2 Å². The number of hydrogen-bond acceptors (Lipinski definition) is 4. The van der Waals surface area contributed by atoms with E-state index in [2.05, 4.69) is 9.97 Å². The van der Waals surface area contributed by atoms with Gasteiger partial charge in [-0.3, -0.25) is 4.79 Å². The topological polar surface area (TPSA) is 75.3 Å². The molecular formula is C26H22F3N3O3S. The van der Waals surface area contributed by atoms with Crippen molar-refractivity contribution in [2.45, 2.75) is 30.5 Å². The lowest BCUT2D eigenvalue weighted by molar-refractivity contribution is 0.0731. The van der Waals surface area contributed by atoms with Crippen molar-refractivity contribution in [1.29, 1.82) is 0 Å². The van der Waals surface area contributed by atoms with Crippen LogP contribution in [-0.4, -0.2) is 43.9 Å². The number of aromatic amines is 1. The maximum absolute atomic E-state index is 15.0. The lowest BCUT2D eigenvalue weighted by Crippen LogP contribution is -2.33. The number of rotatable bonds is 5. The Bertz CT molecular complexity index is 1490. The molecule has 1 amide bonds. The Hall–Kier alpha value is -3.66. The van der Waals surface area contributed by atoms with E-state index in [9.17, 15) is 22.2 Å². The van der Waals surface area contributed by atoms with Gasteiger partial charge in [0.25, 0.3) is 5.91 Å². The molecular weight excluding hydrogens is 491 g/mol. The maximum Gasteiger partial charge on any atom is 0.316 e. The van der Waals surface area contributed by atoms with Gasteiger partial charge in [-0.05, 0) is 53.9 Å². The number of carbonyl (C=O) groups excluding carboxylic acids is 1. The molecule has 186 valence electrons. The number of benzene rings is 3. The first kappa shape index (κ1) is 24.1. The van der Waals surface area contributed by atoms with Crippen molar-refractivity contribution in [3.63, 3.8) is 0 Å². The molecule has 10 heteroatoms. The molecule has 1 unspecified atom stereocenters. The van der Waals surface area contributed by atoms with E-state index in [1.807, 2.05) is 36.4 Å². The first-order valence-electron chi connectivity index (χ1n) is 11.4. The molecule has 3 aromatic carbocycles. The molecule has 0 radical (unpaired) electrons. The largest absolute Gasteiger partial charge is 0.491 e. The number of carbonyl (C=O) groups is 1. The first-order chi connectivity index (χ1) is 17.4. The number of amides is 1. The molecule has 36 heavy (non-hydrogen) atoms. The zero-order valence-electron chi connectivity index (χ0n) is 19.3. The molecule has 1 atom stereocenters. The first-order valence-corrected chi connectivity index (χ1v) is 12.6. The quantitative estimate of drug-likeness (QED) is 0.393. The Labute approximate surface area is 207 Å². The Morgan fingerprint density at radius 2 is 1.94 bits per heavy atom. The van der Waals surface area contributed by atoms with Gasteiger partial charge in [0.2, 0.25) is 0 Å². The van der Waals surface area contributed by atoms with Crippen LogP contribution in [-0.2, 0) is 23.8 Å². The molecule has 0 saturated carbocycles. The highest BCUT2D eigenvalue weighted by molar-refractivity contribution is 7.85. The molecule has 1 aliphatic heterocycles. The number of fused-ring (bicyclic) bond motifs is 2. The van der Waals surface area contributed by atoms with Crippen molar-refractivity contribution in [2.24, 2.45) is 0 Å². The lowest BCUT2D eigenvalue weighted by Gasteiger charge is -2.22. The van der Waals surface area contributed by atoms with E-state index in [0.717, 1.165) is 33.8 Å². The molecule has 4 aromatic rings. The van der Waals surface area contributed by atoms with Crippen molar-refractivity contribution < 1.29 is 26.9 Å². The number of imidazole rings is 1.